The van der Waals surface area contributed by atoms with E-state index in [1.807, 2.05) is 72.8 Å². The molecule has 0 spiro atoms. The quantitative estimate of drug-likeness (QED) is 0.219. The predicted octanol–water partition coefficient (Wildman–Crippen LogP) is 6.94. The Hall–Kier alpha value is -3.19. The van der Waals surface area contributed by atoms with Crippen LogP contribution in [0.3, 0.4) is 0 Å². The standard InChI is InChI=1S/C27H21Cl3N4O2/c1-2-7-23-31-22-11-6-5-10-21(22)25(35)34(23)16-17-12-14-18(15-13-17)19-8-3-4-9-20(19)24-32-26(36-33-24)27(28,29)30/h3-6,8-15H,2,7,16H2,1H3. The number of hydrogen-bond donors (Lipinski definition) is 0. The minimum atomic E-state index is -1.80. The van der Waals surface area contributed by atoms with Gasteiger partial charge < -0.3 is 4.52 Å². The van der Waals surface area contributed by atoms with E-state index in [1.165, 1.54) is 0 Å². The third-order valence-electron chi connectivity index (χ3n) is 5.86. The van der Waals surface area contributed by atoms with Crippen LogP contribution in [0.5, 0.6) is 0 Å². The van der Waals surface area contributed by atoms with Gasteiger partial charge in [0.25, 0.3) is 15.2 Å². The van der Waals surface area contributed by atoms with Crippen molar-refractivity contribution in [2.45, 2.75) is 30.1 Å². The summed E-state index contributed by atoms with van der Waals surface area (Å²) in [6.07, 6.45) is 1.63. The number of rotatable bonds is 6. The van der Waals surface area contributed by atoms with Gasteiger partial charge in [0.05, 0.1) is 17.4 Å². The van der Waals surface area contributed by atoms with Gasteiger partial charge in [0.2, 0.25) is 5.82 Å². The van der Waals surface area contributed by atoms with Gasteiger partial charge in [-0.15, -0.1) is 0 Å². The van der Waals surface area contributed by atoms with Crippen LogP contribution in [0.1, 0.15) is 30.6 Å². The van der Waals surface area contributed by atoms with Gasteiger partial charge in [-0.3, -0.25) is 9.36 Å². The summed E-state index contributed by atoms with van der Waals surface area (Å²) in [6, 6.07) is 23.1. The zero-order chi connectivity index (χ0) is 25.3. The summed E-state index contributed by atoms with van der Waals surface area (Å²) < 4.78 is 5.11. The Balaban J connectivity index is 1.48. The summed E-state index contributed by atoms with van der Waals surface area (Å²) in [4.78, 5) is 22.3. The highest BCUT2D eigenvalue weighted by atomic mass is 35.6. The van der Waals surface area contributed by atoms with Crippen molar-refractivity contribution < 1.29 is 4.52 Å². The second kappa shape index (κ2) is 10.1. The second-order valence-corrected chi connectivity index (χ2v) is 10.6. The average Bonchev–Trinajstić information content (AvgIpc) is 3.38. The lowest BCUT2D eigenvalue weighted by Crippen LogP contribution is -2.26. The fourth-order valence-corrected chi connectivity index (χ4v) is 4.37. The monoisotopic (exact) mass is 538 g/mol. The van der Waals surface area contributed by atoms with Crippen molar-refractivity contribution in [3.05, 3.63) is 100 Å². The molecule has 0 saturated carbocycles. The molecule has 0 bridgehead atoms. The molecule has 0 saturated heterocycles. The molecule has 0 unspecified atom stereocenters. The van der Waals surface area contributed by atoms with Crippen LogP contribution >= 0.6 is 34.8 Å². The third kappa shape index (κ3) is 4.89. The van der Waals surface area contributed by atoms with Gasteiger partial charge in [-0.1, -0.05) is 108 Å². The maximum Gasteiger partial charge on any atom is 0.279 e. The summed E-state index contributed by atoms with van der Waals surface area (Å²) in [7, 11) is 0. The van der Waals surface area contributed by atoms with E-state index in [0.717, 1.165) is 46.4 Å². The Morgan fingerprint density at radius 2 is 1.58 bits per heavy atom. The molecule has 0 aliphatic heterocycles. The largest absolute Gasteiger partial charge is 0.334 e. The summed E-state index contributed by atoms with van der Waals surface area (Å²) in [5.74, 6) is 1.02. The van der Waals surface area contributed by atoms with Crippen LogP contribution < -0.4 is 5.56 Å². The maximum atomic E-state index is 13.3. The lowest BCUT2D eigenvalue weighted by atomic mass is 9.98. The molecule has 182 valence electrons. The SMILES string of the molecule is CCCc1nc2ccccc2c(=O)n1Cc1ccc(-c2ccccc2-c2noc(C(Cl)(Cl)Cl)n2)cc1. The molecule has 0 fully saturated rings. The molecule has 0 radical (unpaired) electrons. The minimum absolute atomic E-state index is 0.0275. The Morgan fingerprint density at radius 1 is 0.889 bits per heavy atom. The predicted molar refractivity (Wildman–Crippen MR) is 144 cm³/mol. The van der Waals surface area contributed by atoms with Crippen LogP contribution in [0.25, 0.3) is 33.4 Å². The van der Waals surface area contributed by atoms with Gasteiger partial charge in [-0.05, 0) is 35.2 Å². The molecule has 0 aliphatic carbocycles. The summed E-state index contributed by atoms with van der Waals surface area (Å²) in [5.41, 5.74) is 4.29. The highest BCUT2D eigenvalue weighted by Gasteiger charge is 2.31. The number of nitrogens with zero attached hydrogens (tertiary/aromatic N) is 4. The number of aromatic nitrogens is 4. The summed E-state index contributed by atoms with van der Waals surface area (Å²) in [5, 5.41) is 4.61. The van der Waals surface area contributed by atoms with Crippen LogP contribution in [-0.2, 0) is 16.8 Å². The van der Waals surface area contributed by atoms with Gasteiger partial charge in [-0.2, -0.15) is 4.98 Å². The number of aryl methyl sites for hydroxylation is 1. The Bertz CT molecular complexity index is 1590. The zero-order valence-electron chi connectivity index (χ0n) is 19.3. The number of fused-ring (bicyclic) bond motifs is 1. The van der Waals surface area contributed by atoms with Gasteiger partial charge in [0, 0.05) is 12.0 Å². The van der Waals surface area contributed by atoms with E-state index in [-0.39, 0.29) is 11.4 Å². The first-order valence-corrected chi connectivity index (χ1v) is 12.6. The smallest absolute Gasteiger partial charge is 0.279 e. The highest BCUT2D eigenvalue weighted by Crippen LogP contribution is 2.38. The lowest BCUT2D eigenvalue weighted by molar-refractivity contribution is 0.383. The number of hydrogen-bond acceptors (Lipinski definition) is 5. The fraction of sp³-hybridized carbons (Fsp3) is 0.185. The van der Waals surface area contributed by atoms with Crippen LogP contribution in [0.4, 0.5) is 0 Å². The van der Waals surface area contributed by atoms with Crippen LogP contribution in [0.2, 0.25) is 0 Å². The van der Waals surface area contributed by atoms with E-state index in [4.69, 9.17) is 44.3 Å². The van der Waals surface area contributed by atoms with E-state index in [1.54, 1.807) is 4.57 Å². The minimum Gasteiger partial charge on any atom is -0.334 e. The first kappa shape index (κ1) is 24.5. The normalized spacial score (nSPS) is 11.8. The molecular weight excluding hydrogens is 519 g/mol. The van der Waals surface area contributed by atoms with Crippen LogP contribution in [-0.4, -0.2) is 19.7 Å². The lowest BCUT2D eigenvalue weighted by Gasteiger charge is -2.14. The van der Waals surface area contributed by atoms with Crippen molar-refractivity contribution in [1.82, 2.24) is 19.7 Å². The molecule has 0 atom stereocenters. The summed E-state index contributed by atoms with van der Waals surface area (Å²) >= 11 is 17.6. The third-order valence-corrected chi connectivity index (χ3v) is 6.34. The van der Waals surface area contributed by atoms with Crippen molar-refractivity contribution >= 4 is 45.7 Å². The molecule has 0 N–H and O–H groups in total. The Kier molecular flexibility index (Phi) is 6.84. The van der Waals surface area contributed by atoms with Gasteiger partial charge >= 0.3 is 0 Å². The Morgan fingerprint density at radius 3 is 2.28 bits per heavy atom. The second-order valence-electron chi connectivity index (χ2n) is 8.35. The van der Waals surface area contributed by atoms with E-state index < -0.39 is 3.79 Å². The van der Waals surface area contributed by atoms with E-state index in [2.05, 4.69) is 17.1 Å². The molecule has 2 heterocycles. The molecule has 0 amide bonds. The number of para-hydroxylation sites is 1. The molecule has 0 aliphatic rings. The van der Waals surface area contributed by atoms with E-state index in [9.17, 15) is 4.79 Å². The maximum absolute atomic E-state index is 13.3. The van der Waals surface area contributed by atoms with Crippen LogP contribution in [0, 0.1) is 0 Å². The molecular formula is C27H21Cl3N4O2. The fourth-order valence-electron chi connectivity index (χ4n) is 4.14. The van der Waals surface area contributed by atoms with Crippen molar-refractivity contribution in [3.63, 3.8) is 0 Å². The average molecular weight is 540 g/mol. The van der Waals surface area contributed by atoms with Crippen LogP contribution in [0.15, 0.2) is 82.1 Å². The van der Waals surface area contributed by atoms with Crippen molar-refractivity contribution in [3.8, 4) is 22.5 Å². The van der Waals surface area contributed by atoms with Gasteiger partial charge in [0.1, 0.15) is 5.82 Å². The van der Waals surface area contributed by atoms with Crippen molar-refractivity contribution in [1.29, 1.82) is 0 Å². The molecule has 2 aromatic heterocycles. The molecule has 3 aromatic carbocycles. The van der Waals surface area contributed by atoms with E-state index >= 15 is 0 Å². The topological polar surface area (TPSA) is 73.8 Å². The Labute approximate surface area is 222 Å². The molecule has 5 aromatic rings. The molecule has 9 heteroatoms. The summed E-state index contributed by atoms with van der Waals surface area (Å²) in [6.45, 7) is 2.52. The first-order chi connectivity index (χ1) is 17.3. The van der Waals surface area contributed by atoms with Gasteiger partial charge in [0.15, 0.2) is 0 Å². The van der Waals surface area contributed by atoms with Crippen molar-refractivity contribution in [2.75, 3.05) is 0 Å². The number of halogens is 3. The molecule has 6 nitrogen and oxygen atoms in total. The van der Waals surface area contributed by atoms with Crippen molar-refractivity contribution in [2.24, 2.45) is 0 Å². The zero-order valence-corrected chi connectivity index (χ0v) is 21.6. The number of alkyl halides is 3. The molecule has 36 heavy (non-hydrogen) atoms. The first-order valence-electron chi connectivity index (χ1n) is 11.4. The molecule has 5 rings (SSSR count). The van der Waals surface area contributed by atoms with E-state index in [0.29, 0.717) is 17.8 Å². The van der Waals surface area contributed by atoms with Gasteiger partial charge in [-0.25, -0.2) is 4.98 Å². The number of benzene rings is 3. The highest BCUT2D eigenvalue weighted by molar-refractivity contribution is 6.66.